The molecule has 0 aliphatic rings. The average Bonchev–Trinajstić information content (AvgIpc) is 0. The van der Waals surface area contributed by atoms with Gasteiger partial charge >= 0.3 is 0 Å². The van der Waals surface area contributed by atoms with Crippen molar-refractivity contribution in [2.24, 2.45) is 0 Å². The van der Waals surface area contributed by atoms with Gasteiger partial charge < -0.3 is 0 Å². The van der Waals surface area contributed by atoms with Crippen molar-refractivity contribution in [3.63, 3.8) is 0 Å². The van der Waals surface area contributed by atoms with Gasteiger partial charge in [0.05, 0.1) is 8.41 Å². The second kappa shape index (κ2) is 28.7. The zero-order chi connectivity index (χ0) is 0. The predicted octanol–water partition coefficient (Wildman–Crippen LogP) is -1.19. The van der Waals surface area contributed by atoms with Crippen LogP contribution >= 0.6 is 0 Å². The van der Waals surface area contributed by atoms with Crippen LogP contribution in [0, 0.1) is 0 Å². The summed E-state index contributed by atoms with van der Waals surface area (Å²) in [6.45, 7) is 0. The van der Waals surface area contributed by atoms with Crippen molar-refractivity contribution in [1.29, 1.82) is 0 Å². The minimum atomic E-state index is 0. The van der Waals surface area contributed by atoms with E-state index < -0.39 is 0 Å². The Morgan fingerprint density at radius 1 is 1.00 bits per heavy atom. The Bertz CT molecular complexity index is 11.6. The van der Waals surface area contributed by atoms with E-state index in [2.05, 4.69) is 0 Å². The molecule has 5 heteroatoms. The molecule has 0 aliphatic heterocycles. The molecule has 0 unspecified atom stereocenters. The van der Waals surface area contributed by atoms with Gasteiger partial charge in [0.25, 0.3) is 0 Å². The van der Waals surface area contributed by atoms with Gasteiger partial charge in [-0.2, -0.15) is 0 Å². The first-order valence-corrected chi connectivity index (χ1v) is 0. The van der Waals surface area contributed by atoms with E-state index in [1.54, 1.807) is 0 Å². The summed E-state index contributed by atoms with van der Waals surface area (Å²) >= 11 is 0. The molecule has 33 valence electrons. The van der Waals surface area contributed by atoms with E-state index in [1.165, 1.54) is 0 Å². The van der Waals surface area contributed by atoms with E-state index in [9.17, 15) is 0 Å². The van der Waals surface area contributed by atoms with Gasteiger partial charge in [-0.25, -0.2) is 0 Å². The molecule has 0 atom stereocenters. The second-order valence-electron chi connectivity index (χ2n) is 0. The molecule has 5 heavy (non-hydrogen) atoms. The number of rotatable bonds is 0. The fourth-order valence-electron chi connectivity index (χ4n) is 0. The monoisotopic (exact) mass is 401 g/mol. The summed E-state index contributed by atoms with van der Waals surface area (Å²) in [4.78, 5) is 0. The number of hydrogen-bond acceptors (Lipinski definition) is 0. The van der Waals surface area contributed by atoms with E-state index >= 15 is 0 Å². The SMILES string of the molecule is B.[Fe].[Ni].[W].[Y]. The normalized spacial score (nSPS) is 0. The first-order chi connectivity index (χ1) is 0. The maximum Gasteiger partial charge on any atom is 0.0814 e. The molecule has 0 aromatic rings. The zero-order valence-electron chi connectivity index (χ0n) is 1.66. The van der Waals surface area contributed by atoms with Crippen LogP contribution < -0.4 is 0 Å². The summed E-state index contributed by atoms with van der Waals surface area (Å²) in [6, 6.07) is 0. The standard InChI is InChI=1S/BH3.Fe.Ni.W.Y/h1H3;;;;. The third-order valence-corrected chi connectivity index (χ3v) is 0. The third-order valence-electron chi connectivity index (χ3n) is 0. The molecule has 0 rings (SSSR count). The molecule has 0 amide bonds. The fraction of sp³-hybridized carbons (Fsp3) is 0. The summed E-state index contributed by atoms with van der Waals surface area (Å²) in [5.74, 6) is 0. The Labute approximate surface area is 94.1 Å². The number of hydrogen-bond donors (Lipinski definition) is 0. The Hall–Kier alpha value is 2.87. The van der Waals surface area contributed by atoms with Crippen molar-refractivity contribution >= 4 is 8.41 Å². The van der Waals surface area contributed by atoms with Crippen LogP contribution in [0.25, 0.3) is 0 Å². The van der Waals surface area contributed by atoms with Crippen molar-refractivity contribution in [3.8, 4) is 0 Å². The summed E-state index contributed by atoms with van der Waals surface area (Å²) in [6.07, 6.45) is 0. The van der Waals surface area contributed by atoms with Crippen molar-refractivity contribution in [2.45, 2.75) is 0 Å². The van der Waals surface area contributed by atoms with Crippen LogP contribution in [0.5, 0.6) is 0 Å². The van der Waals surface area contributed by atoms with Crippen LogP contribution in [0.4, 0.5) is 0 Å². The van der Waals surface area contributed by atoms with E-state index in [-0.39, 0.29) is 95.7 Å². The minimum absolute atomic E-state index is 0. The smallest absolute Gasteiger partial charge is 0 e. The molecular formula is H3BFeNiWY. The van der Waals surface area contributed by atoms with Crippen molar-refractivity contribution in [1.82, 2.24) is 0 Å². The van der Waals surface area contributed by atoms with E-state index in [4.69, 9.17) is 0 Å². The molecule has 0 bridgehead atoms. The first kappa shape index (κ1) is 45.1. The molecular weight excluding hydrogens is 398 g/mol. The minimum Gasteiger partial charge on any atom is 0 e. The average molecular weight is 401 g/mol. The summed E-state index contributed by atoms with van der Waals surface area (Å²) in [5, 5.41) is 0. The van der Waals surface area contributed by atoms with E-state index in [0.29, 0.717) is 0 Å². The molecule has 0 aromatic heterocycles. The second-order valence-corrected chi connectivity index (χ2v) is 0. The molecule has 0 aliphatic carbocycles. The van der Waals surface area contributed by atoms with Crippen LogP contribution in [0.3, 0.4) is 0 Å². The molecule has 1 radical (unpaired) electrons. The van der Waals surface area contributed by atoms with Crippen molar-refractivity contribution in [2.75, 3.05) is 0 Å². The third kappa shape index (κ3) is 19.8. The summed E-state index contributed by atoms with van der Waals surface area (Å²) in [7, 11) is 0. The summed E-state index contributed by atoms with van der Waals surface area (Å²) < 4.78 is 0. The van der Waals surface area contributed by atoms with Gasteiger partial charge in [0.15, 0.2) is 0 Å². The van der Waals surface area contributed by atoms with Crippen molar-refractivity contribution < 1.29 is 87.3 Å². The van der Waals surface area contributed by atoms with Gasteiger partial charge in [-0.15, -0.1) is 0 Å². The van der Waals surface area contributed by atoms with Crippen LogP contribution in [0.2, 0.25) is 0 Å². The molecule has 0 fully saturated rings. The van der Waals surface area contributed by atoms with E-state index in [0.717, 1.165) is 0 Å². The topological polar surface area (TPSA) is 0 Å². The first-order valence-electron chi connectivity index (χ1n) is 0. The van der Waals surface area contributed by atoms with Gasteiger partial charge in [-0.05, 0) is 0 Å². The van der Waals surface area contributed by atoms with Gasteiger partial charge in [-0.1, -0.05) is 0 Å². The predicted molar refractivity (Wildman–Crippen MR) is 9.94 cm³/mol. The van der Waals surface area contributed by atoms with Crippen LogP contribution in [0.15, 0.2) is 0 Å². The molecule has 0 saturated carbocycles. The molecule has 0 aromatic carbocycles. The van der Waals surface area contributed by atoms with Gasteiger partial charge in [0.2, 0.25) is 0 Å². The molecule has 0 heterocycles. The van der Waals surface area contributed by atoms with Gasteiger partial charge in [0.1, 0.15) is 0 Å². The van der Waals surface area contributed by atoms with Crippen LogP contribution in [-0.2, 0) is 87.3 Å². The van der Waals surface area contributed by atoms with E-state index in [1.807, 2.05) is 0 Å². The Kier molecular flexibility index (Phi) is 259. The summed E-state index contributed by atoms with van der Waals surface area (Å²) in [5.41, 5.74) is 0. The molecule has 0 saturated heterocycles. The Balaban J connectivity index is 0. The largest absolute Gasteiger partial charge is 0.0814 e. The Morgan fingerprint density at radius 3 is 1.00 bits per heavy atom. The van der Waals surface area contributed by atoms with Gasteiger partial charge in [0, 0.05) is 87.3 Å². The molecule has 0 N–H and O–H groups in total. The molecule has 0 nitrogen and oxygen atoms in total. The van der Waals surface area contributed by atoms with Crippen molar-refractivity contribution in [3.05, 3.63) is 0 Å². The molecule has 0 spiro atoms. The van der Waals surface area contributed by atoms with Crippen LogP contribution in [-0.4, -0.2) is 8.41 Å². The quantitative estimate of drug-likeness (QED) is 0.448. The maximum atomic E-state index is 0. The Morgan fingerprint density at radius 2 is 1.00 bits per heavy atom. The zero-order valence-corrected chi connectivity index (χ0v) is 9.52. The maximum absolute atomic E-state index is 0. The van der Waals surface area contributed by atoms with Gasteiger partial charge in [-0.3, -0.25) is 0 Å². The van der Waals surface area contributed by atoms with Crippen LogP contribution in [0.1, 0.15) is 0 Å². The fourth-order valence-corrected chi connectivity index (χ4v) is 0.